The molecule has 1 unspecified atom stereocenters. The summed E-state index contributed by atoms with van der Waals surface area (Å²) in [6, 6.07) is 0.226. The second-order valence-electron chi connectivity index (χ2n) is 7.58. The van der Waals surface area contributed by atoms with Gasteiger partial charge in [-0.25, -0.2) is 4.98 Å². The summed E-state index contributed by atoms with van der Waals surface area (Å²) in [7, 11) is 0. The predicted molar refractivity (Wildman–Crippen MR) is 75.7 cm³/mol. The van der Waals surface area contributed by atoms with Gasteiger partial charge in [0.25, 0.3) is 0 Å². The van der Waals surface area contributed by atoms with E-state index in [1.165, 1.54) is 44.2 Å². The molecule has 4 bridgehead atoms. The number of hydrogen-bond donors (Lipinski definition) is 1. The van der Waals surface area contributed by atoms with Gasteiger partial charge < -0.3 is 10.3 Å². The highest BCUT2D eigenvalue weighted by molar-refractivity contribution is 5.12. The van der Waals surface area contributed by atoms with E-state index in [2.05, 4.69) is 22.8 Å². The van der Waals surface area contributed by atoms with Crippen LogP contribution in [0.15, 0.2) is 12.5 Å². The van der Waals surface area contributed by atoms with Crippen LogP contribution >= 0.6 is 0 Å². The van der Waals surface area contributed by atoms with E-state index in [0.717, 1.165) is 24.2 Å². The molecule has 5 rings (SSSR count). The van der Waals surface area contributed by atoms with Gasteiger partial charge in [0.2, 0.25) is 0 Å². The first-order chi connectivity index (χ1) is 9.14. The summed E-state index contributed by atoms with van der Waals surface area (Å²) in [6.07, 6.45) is 13.8. The monoisotopic (exact) mass is 259 g/mol. The van der Waals surface area contributed by atoms with Gasteiger partial charge in [-0.3, -0.25) is 0 Å². The van der Waals surface area contributed by atoms with Crippen molar-refractivity contribution in [3.05, 3.63) is 18.2 Å². The number of nitrogens with zero attached hydrogens (tertiary/aromatic N) is 2. The van der Waals surface area contributed by atoms with Crippen LogP contribution in [0.3, 0.4) is 0 Å². The van der Waals surface area contributed by atoms with Gasteiger partial charge in [0.1, 0.15) is 0 Å². The molecule has 4 aliphatic rings. The second kappa shape index (κ2) is 4.08. The molecule has 19 heavy (non-hydrogen) atoms. The maximum Gasteiger partial charge on any atom is 0.0953 e. The zero-order valence-corrected chi connectivity index (χ0v) is 11.9. The van der Waals surface area contributed by atoms with Crippen LogP contribution in [-0.4, -0.2) is 15.6 Å². The van der Waals surface area contributed by atoms with Gasteiger partial charge in [0.05, 0.1) is 6.33 Å². The summed E-state index contributed by atoms with van der Waals surface area (Å²) in [5.74, 6) is 2.95. The van der Waals surface area contributed by atoms with Crippen molar-refractivity contribution in [2.24, 2.45) is 23.5 Å². The summed E-state index contributed by atoms with van der Waals surface area (Å²) < 4.78 is 2.53. The maximum absolute atomic E-state index is 6.00. The van der Waals surface area contributed by atoms with E-state index < -0.39 is 0 Å². The van der Waals surface area contributed by atoms with E-state index in [0.29, 0.717) is 5.54 Å². The Morgan fingerprint density at radius 1 is 1.26 bits per heavy atom. The van der Waals surface area contributed by atoms with E-state index in [4.69, 9.17) is 5.73 Å². The lowest BCUT2D eigenvalue weighted by Crippen LogP contribution is -2.52. The zero-order valence-electron chi connectivity index (χ0n) is 11.9. The fourth-order valence-corrected chi connectivity index (χ4v) is 5.59. The van der Waals surface area contributed by atoms with Gasteiger partial charge >= 0.3 is 0 Å². The van der Waals surface area contributed by atoms with Crippen LogP contribution in [0.5, 0.6) is 0 Å². The van der Waals surface area contributed by atoms with Crippen molar-refractivity contribution >= 4 is 0 Å². The Morgan fingerprint density at radius 2 is 1.84 bits per heavy atom. The van der Waals surface area contributed by atoms with E-state index in [1.54, 1.807) is 0 Å². The molecule has 0 saturated heterocycles. The molecule has 0 amide bonds. The molecule has 1 aromatic heterocycles. The zero-order chi connectivity index (χ0) is 13.0. The normalized spacial score (nSPS) is 41.7. The molecule has 0 spiro atoms. The van der Waals surface area contributed by atoms with Crippen molar-refractivity contribution in [3.63, 3.8) is 0 Å². The highest BCUT2D eigenvalue weighted by Crippen LogP contribution is 2.59. The molecule has 104 valence electrons. The largest absolute Gasteiger partial charge is 0.328 e. The lowest BCUT2D eigenvalue weighted by atomic mass is 9.53. The van der Waals surface area contributed by atoms with Gasteiger partial charge in [0, 0.05) is 29.9 Å². The molecule has 0 aliphatic heterocycles. The Bertz CT molecular complexity index is 439. The Hall–Kier alpha value is -0.830. The van der Waals surface area contributed by atoms with Crippen LogP contribution in [0.2, 0.25) is 0 Å². The average molecular weight is 259 g/mol. The van der Waals surface area contributed by atoms with Crippen molar-refractivity contribution in [2.45, 2.75) is 63.5 Å². The molecule has 0 radical (unpaired) electrons. The highest BCUT2D eigenvalue weighted by atomic mass is 15.1. The molecule has 1 heterocycles. The van der Waals surface area contributed by atoms with Crippen molar-refractivity contribution < 1.29 is 0 Å². The number of hydrogen-bond acceptors (Lipinski definition) is 2. The molecule has 0 aromatic carbocycles. The van der Waals surface area contributed by atoms with Gasteiger partial charge in [-0.05, 0) is 63.2 Å². The molecule has 1 atom stereocenters. The fraction of sp³-hybridized carbons (Fsp3) is 0.812. The third-order valence-corrected chi connectivity index (χ3v) is 5.76. The van der Waals surface area contributed by atoms with E-state index in [1.807, 2.05) is 6.20 Å². The lowest BCUT2D eigenvalue weighted by Gasteiger charge is -2.57. The third kappa shape index (κ3) is 1.85. The quantitative estimate of drug-likeness (QED) is 0.907. The standard InChI is InChI=1S/C16H25N3/c1-11(17)2-15-9-18-10-19(15)16-6-12-3-13(7-16)5-14(4-12)8-16/h9-14H,2-8,17H2,1H3. The Morgan fingerprint density at radius 3 is 2.37 bits per heavy atom. The molecule has 2 N–H and O–H groups in total. The SMILES string of the molecule is CC(N)Cc1cncn1C12CC3CC(CC(C3)C1)C2. The minimum Gasteiger partial charge on any atom is -0.328 e. The summed E-state index contributed by atoms with van der Waals surface area (Å²) in [5, 5.41) is 0. The van der Waals surface area contributed by atoms with Crippen molar-refractivity contribution in [1.29, 1.82) is 0 Å². The summed E-state index contributed by atoms with van der Waals surface area (Å²) in [6.45, 7) is 2.09. The Labute approximate surface area is 115 Å². The molecule has 4 fully saturated rings. The van der Waals surface area contributed by atoms with Crippen LogP contribution in [0.4, 0.5) is 0 Å². The first kappa shape index (κ1) is 12.0. The number of imidazole rings is 1. The van der Waals surface area contributed by atoms with Crippen LogP contribution < -0.4 is 5.73 Å². The van der Waals surface area contributed by atoms with Gasteiger partial charge in [-0.2, -0.15) is 0 Å². The minimum absolute atomic E-state index is 0.226. The average Bonchev–Trinajstić information content (AvgIpc) is 2.74. The fourth-order valence-electron chi connectivity index (χ4n) is 5.59. The first-order valence-electron chi connectivity index (χ1n) is 7.92. The molecular formula is C16H25N3. The van der Waals surface area contributed by atoms with Gasteiger partial charge in [0.15, 0.2) is 0 Å². The third-order valence-electron chi connectivity index (χ3n) is 5.76. The minimum atomic E-state index is 0.226. The van der Waals surface area contributed by atoms with Gasteiger partial charge in [-0.15, -0.1) is 0 Å². The summed E-state index contributed by atoms with van der Waals surface area (Å²) >= 11 is 0. The number of rotatable bonds is 3. The molecule has 4 aliphatic carbocycles. The van der Waals surface area contributed by atoms with E-state index in [-0.39, 0.29) is 6.04 Å². The molecule has 3 heteroatoms. The van der Waals surface area contributed by atoms with Crippen molar-refractivity contribution in [3.8, 4) is 0 Å². The van der Waals surface area contributed by atoms with Crippen LogP contribution in [0.25, 0.3) is 0 Å². The molecule has 4 saturated carbocycles. The van der Waals surface area contributed by atoms with Crippen LogP contribution in [0, 0.1) is 17.8 Å². The molecular weight excluding hydrogens is 234 g/mol. The topological polar surface area (TPSA) is 43.8 Å². The first-order valence-corrected chi connectivity index (χ1v) is 7.92. The summed E-state index contributed by atoms with van der Waals surface area (Å²) in [4.78, 5) is 4.44. The highest BCUT2D eigenvalue weighted by Gasteiger charge is 2.52. The van der Waals surface area contributed by atoms with Crippen LogP contribution in [0.1, 0.15) is 51.1 Å². The lowest BCUT2D eigenvalue weighted by molar-refractivity contribution is -0.0443. The van der Waals surface area contributed by atoms with Crippen LogP contribution in [-0.2, 0) is 12.0 Å². The summed E-state index contributed by atoms with van der Waals surface area (Å²) in [5.41, 5.74) is 7.76. The molecule has 3 nitrogen and oxygen atoms in total. The van der Waals surface area contributed by atoms with E-state index in [9.17, 15) is 0 Å². The number of nitrogens with two attached hydrogens (primary N) is 1. The van der Waals surface area contributed by atoms with E-state index >= 15 is 0 Å². The Balaban J connectivity index is 1.70. The van der Waals surface area contributed by atoms with Gasteiger partial charge in [-0.1, -0.05) is 0 Å². The number of aromatic nitrogens is 2. The maximum atomic E-state index is 6.00. The molecule has 1 aromatic rings. The predicted octanol–water partition coefficient (Wildman–Crippen LogP) is 2.70. The van der Waals surface area contributed by atoms with Crippen molar-refractivity contribution in [1.82, 2.24) is 9.55 Å². The second-order valence-corrected chi connectivity index (χ2v) is 7.58. The smallest absolute Gasteiger partial charge is 0.0953 e. The van der Waals surface area contributed by atoms with Crippen molar-refractivity contribution in [2.75, 3.05) is 0 Å². The Kier molecular flexibility index (Phi) is 2.57.